The van der Waals surface area contributed by atoms with Gasteiger partial charge < -0.3 is 10.1 Å². The van der Waals surface area contributed by atoms with Gasteiger partial charge in [-0.1, -0.05) is 69.5 Å². The van der Waals surface area contributed by atoms with Crippen LogP contribution in [0.5, 0.6) is 5.75 Å². The number of hydrogen-bond acceptors (Lipinski definition) is 4. The molecule has 10 heteroatoms. The number of aromatic nitrogens is 3. The highest BCUT2D eigenvalue weighted by atomic mass is 79.9. The smallest absolute Gasteiger partial charge is 0.246 e. The van der Waals surface area contributed by atoms with Crippen molar-refractivity contribution in [3.8, 4) is 5.75 Å². The normalized spacial score (nSPS) is 10.8. The number of amides is 1. The maximum absolute atomic E-state index is 12.7. The van der Waals surface area contributed by atoms with Crippen LogP contribution in [-0.2, 0) is 24.5 Å². The summed E-state index contributed by atoms with van der Waals surface area (Å²) < 4.78 is 10.7. The second-order valence-electron chi connectivity index (χ2n) is 7.35. The van der Waals surface area contributed by atoms with Crippen molar-refractivity contribution >= 4 is 62.9 Å². The second-order valence-corrected chi connectivity index (χ2v) is 9.44. The Morgan fingerprint density at radius 2 is 1.76 bits per heavy atom. The van der Waals surface area contributed by atoms with Crippen molar-refractivity contribution in [2.45, 2.75) is 19.7 Å². The molecule has 0 aliphatic heterocycles. The number of carbonyl (C=O) groups excluding carboxylic acids is 1. The highest BCUT2D eigenvalue weighted by Crippen LogP contribution is 2.25. The van der Waals surface area contributed by atoms with E-state index in [0.717, 1.165) is 10.0 Å². The van der Waals surface area contributed by atoms with Gasteiger partial charge in [0.2, 0.25) is 5.91 Å². The minimum Gasteiger partial charge on any atom is -0.486 e. The van der Waals surface area contributed by atoms with Crippen molar-refractivity contribution in [2.24, 2.45) is 0 Å². The molecule has 0 aliphatic rings. The third kappa shape index (κ3) is 6.27. The standard InChI is InChI=1S/C24H19BrCl2N4O2S/c25-17-6-9-19(10-7-17)33-15-22-29-31(24(34)30(22)13-16-4-2-1-3-5-16)14-23(32)28-18-8-11-20(26)21(27)12-18/h1-12H,13-15H2,(H,28,32). The Morgan fingerprint density at radius 3 is 2.47 bits per heavy atom. The SMILES string of the molecule is O=C(Cn1nc(COc2ccc(Br)cc2)n(Cc2ccccc2)c1=S)Nc1ccc(Cl)c(Cl)c1. The zero-order valence-electron chi connectivity index (χ0n) is 17.7. The summed E-state index contributed by atoms with van der Waals surface area (Å²) in [4.78, 5) is 12.7. The summed E-state index contributed by atoms with van der Waals surface area (Å²) in [5.41, 5.74) is 1.59. The number of benzene rings is 3. The maximum atomic E-state index is 12.7. The molecule has 4 aromatic rings. The van der Waals surface area contributed by atoms with Gasteiger partial charge in [-0.3, -0.25) is 9.36 Å². The Bertz CT molecular complexity index is 1360. The molecule has 0 saturated heterocycles. The van der Waals surface area contributed by atoms with Gasteiger partial charge in [-0.2, -0.15) is 5.10 Å². The zero-order valence-corrected chi connectivity index (χ0v) is 21.7. The Morgan fingerprint density at radius 1 is 1.03 bits per heavy atom. The summed E-state index contributed by atoms with van der Waals surface area (Å²) in [5, 5.41) is 8.15. The summed E-state index contributed by atoms with van der Waals surface area (Å²) in [6.07, 6.45) is 0. The van der Waals surface area contributed by atoms with Gasteiger partial charge in [-0.15, -0.1) is 0 Å². The number of nitrogens with zero attached hydrogens (tertiary/aromatic N) is 3. The van der Waals surface area contributed by atoms with Gasteiger partial charge in [0.05, 0.1) is 16.6 Å². The highest BCUT2D eigenvalue weighted by Gasteiger charge is 2.15. The van der Waals surface area contributed by atoms with Gasteiger partial charge in [0.1, 0.15) is 18.9 Å². The van der Waals surface area contributed by atoms with Gasteiger partial charge in [0.15, 0.2) is 10.6 Å². The van der Waals surface area contributed by atoms with Crippen molar-refractivity contribution < 1.29 is 9.53 Å². The molecule has 1 amide bonds. The van der Waals surface area contributed by atoms with Gasteiger partial charge in [-0.05, 0) is 60.2 Å². The molecule has 0 saturated carbocycles. The lowest BCUT2D eigenvalue weighted by molar-refractivity contribution is -0.116. The van der Waals surface area contributed by atoms with Crippen LogP contribution in [-0.4, -0.2) is 20.3 Å². The molecule has 1 aromatic heterocycles. The third-order valence-electron chi connectivity index (χ3n) is 4.86. The van der Waals surface area contributed by atoms with Crippen LogP contribution in [0.15, 0.2) is 77.3 Å². The summed E-state index contributed by atoms with van der Waals surface area (Å²) in [7, 11) is 0. The number of anilines is 1. The number of rotatable bonds is 8. The first-order valence-corrected chi connectivity index (χ1v) is 12.2. The Balaban J connectivity index is 1.55. The summed E-state index contributed by atoms with van der Waals surface area (Å²) >= 11 is 21.1. The van der Waals surface area contributed by atoms with Gasteiger partial charge in [0.25, 0.3) is 0 Å². The fourth-order valence-electron chi connectivity index (χ4n) is 3.21. The van der Waals surface area contributed by atoms with E-state index in [9.17, 15) is 4.79 Å². The molecule has 0 aliphatic carbocycles. The fraction of sp³-hybridized carbons (Fsp3) is 0.125. The van der Waals surface area contributed by atoms with E-state index in [1.54, 1.807) is 18.2 Å². The largest absolute Gasteiger partial charge is 0.486 e. The number of hydrogen-bond donors (Lipinski definition) is 1. The first-order chi connectivity index (χ1) is 16.4. The van der Waals surface area contributed by atoms with Crippen LogP contribution in [0.1, 0.15) is 11.4 Å². The Labute approximate surface area is 220 Å². The first-order valence-electron chi connectivity index (χ1n) is 10.2. The minimum absolute atomic E-state index is 0.0633. The van der Waals surface area contributed by atoms with E-state index in [0.29, 0.717) is 38.6 Å². The molecule has 34 heavy (non-hydrogen) atoms. The molecule has 3 aromatic carbocycles. The van der Waals surface area contributed by atoms with E-state index < -0.39 is 0 Å². The number of halogens is 3. The number of nitrogens with one attached hydrogen (secondary N) is 1. The number of carbonyl (C=O) groups is 1. The molecule has 1 N–H and O–H groups in total. The fourth-order valence-corrected chi connectivity index (χ4v) is 4.05. The topological polar surface area (TPSA) is 61.1 Å². The van der Waals surface area contributed by atoms with Crippen molar-refractivity contribution in [2.75, 3.05) is 5.32 Å². The second kappa shape index (κ2) is 11.2. The van der Waals surface area contributed by atoms with Crippen molar-refractivity contribution in [3.63, 3.8) is 0 Å². The molecular formula is C24H19BrCl2N4O2S. The van der Waals surface area contributed by atoms with Crippen LogP contribution in [0.2, 0.25) is 10.0 Å². The number of ether oxygens (including phenoxy) is 1. The molecule has 0 fully saturated rings. The zero-order chi connectivity index (χ0) is 24.1. The van der Waals surface area contributed by atoms with Crippen LogP contribution in [0.4, 0.5) is 5.69 Å². The predicted octanol–water partition coefficient (Wildman–Crippen LogP) is 6.75. The third-order valence-corrected chi connectivity index (χ3v) is 6.56. The van der Waals surface area contributed by atoms with E-state index in [1.807, 2.05) is 59.2 Å². The van der Waals surface area contributed by atoms with Crippen LogP contribution in [0.25, 0.3) is 0 Å². The lowest BCUT2D eigenvalue weighted by Gasteiger charge is -2.09. The van der Waals surface area contributed by atoms with Crippen LogP contribution >= 0.6 is 51.3 Å². The average Bonchev–Trinajstić information content (AvgIpc) is 3.11. The van der Waals surface area contributed by atoms with Crippen LogP contribution < -0.4 is 10.1 Å². The molecule has 0 radical (unpaired) electrons. The van der Waals surface area contributed by atoms with Gasteiger partial charge in [0, 0.05) is 10.2 Å². The van der Waals surface area contributed by atoms with E-state index in [1.165, 1.54) is 4.68 Å². The van der Waals surface area contributed by atoms with Gasteiger partial charge in [-0.25, -0.2) is 4.68 Å². The monoisotopic (exact) mass is 576 g/mol. The van der Waals surface area contributed by atoms with Crippen LogP contribution in [0.3, 0.4) is 0 Å². The Kier molecular flexibility index (Phi) is 8.05. The molecule has 6 nitrogen and oxygen atoms in total. The quantitative estimate of drug-likeness (QED) is 0.235. The maximum Gasteiger partial charge on any atom is 0.246 e. The first kappa shape index (κ1) is 24.5. The molecule has 0 spiro atoms. The molecule has 0 unspecified atom stereocenters. The molecule has 4 rings (SSSR count). The molecule has 0 bridgehead atoms. The summed E-state index contributed by atoms with van der Waals surface area (Å²) in [6, 6.07) is 22.3. The molecular weight excluding hydrogens is 559 g/mol. The van der Waals surface area contributed by atoms with E-state index in [2.05, 4.69) is 26.3 Å². The van der Waals surface area contributed by atoms with E-state index >= 15 is 0 Å². The Hall–Kier alpha value is -2.65. The molecule has 174 valence electrons. The summed E-state index contributed by atoms with van der Waals surface area (Å²) in [5.74, 6) is 1.02. The van der Waals surface area contributed by atoms with E-state index in [-0.39, 0.29) is 19.1 Å². The van der Waals surface area contributed by atoms with Gasteiger partial charge >= 0.3 is 0 Å². The van der Waals surface area contributed by atoms with Crippen molar-refractivity contribution in [3.05, 3.63) is 103 Å². The highest BCUT2D eigenvalue weighted by molar-refractivity contribution is 9.10. The van der Waals surface area contributed by atoms with Crippen LogP contribution in [0, 0.1) is 4.77 Å². The van der Waals surface area contributed by atoms with Crippen molar-refractivity contribution in [1.82, 2.24) is 14.3 Å². The average molecular weight is 578 g/mol. The molecule has 1 heterocycles. The lowest BCUT2D eigenvalue weighted by Crippen LogP contribution is -2.20. The minimum atomic E-state index is -0.292. The lowest BCUT2D eigenvalue weighted by atomic mass is 10.2. The van der Waals surface area contributed by atoms with E-state index in [4.69, 9.17) is 40.2 Å². The summed E-state index contributed by atoms with van der Waals surface area (Å²) in [6.45, 7) is 0.638. The predicted molar refractivity (Wildman–Crippen MR) is 140 cm³/mol. The molecule has 0 atom stereocenters. The van der Waals surface area contributed by atoms with Crippen molar-refractivity contribution in [1.29, 1.82) is 0 Å².